The topological polar surface area (TPSA) is 15.3 Å². The molecule has 0 aromatic heterocycles. The summed E-state index contributed by atoms with van der Waals surface area (Å²) in [6.07, 6.45) is 1.18. The van der Waals surface area contributed by atoms with E-state index >= 15 is 0 Å². The summed E-state index contributed by atoms with van der Waals surface area (Å²) in [4.78, 5) is 2.36. The minimum atomic E-state index is 0.331. The third-order valence-electron chi connectivity index (χ3n) is 3.53. The maximum Gasteiger partial charge on any atom is 0.0453 e. The Labute approximate surface area is 116 Å². The molecule has 2 unspecified atom stereocenters. The molecule has 0 fully saturated rings. The van der Waals surface area contributed by atoms with Gasteiger partial charge in [-0.15, -0.1) is 0 Å². The smallest absolute Gasteiger partial charge is 0.0453 e. The van der Waals surface area contributed by atoms with Gasteiger partial charge < -0.3 is 5.32 Å². The molecule has 3 heteroatoms. The van der Waals surface area contributed by atoms with Crippen molar-refractivity contribution in [1.82, 2.24) is 10.2 Å². The van der Waals surface area contributed by atoms with Crippen LogP contribution in [-0.2, 0) is 0 Å². The number of benzene rings is 1. The van der Waals surface area contributed by atoms with E-state index in [2.05, 4.69) is 44.1 Å². The van der Waals surface area contributed by atoms with Crippen molar-refractivity contribution < 1.29 is 0 Å². The van der Waals surface area contributed by atoms with Gasteiger partial charge in [-0.2, -0.15) is 0 Å². The molecule has 1 N–H and O–H groups in total. The second-order valence-electron chi connectivity index (χ2n) is 4.92. The molecule has 1 aromatic carbocycles. The lowest BCUT2D eigenvalue weighted by Gasteiger charge is -2.31. The molecule has 0 bridgehead atoms. The van der Waals surface area contributed by atoms with E-state index in [4.69, 9.17) is 11.6 Å². The highest BCUT2D eigenvalue weighted by Gasteiger charge is 2.18. The lowest BCUT2D eigenvalue weighted by molar-refractivity contribution is 0.193. The predicted octanol–water partition coefficient (Wildman–Crippen LogP) is 3.72. The average Bonchev–Trinajstić information content (AvgIpc) is 2.38. The molecule has 0 radical (unpaired) electrons. The van der Waals surface area contributed by atoms with Crippen molar-refractivity contribution in [3.8, 4) is 0 Å². The Morgan fingerprint density at radius 1 is 1.28 bits per heavy atom. The molecular weight excluding hydrogens is 244 g/mol. The zero-order valence-corrected chi connectivity index (χ0v) is 12.7. The van der Waals surface area contributed by atoms with Crippen LogP contribution in [0, 0.1) is 0 Å². The molecule has 2 atom stereocenters. The molecule has 2 nitrogen and oxygen atoms in total. The molecule has 0 saturated carbocycles. The minimum Gasteiger partial charge on any atom is -0.315 e. The first-order chi connectivity index (χ1) is 8.57. The Hall–Kier alpha value is -0.570. The number of nitrogens with zero attached hydrogens (tertiary/aromatic N) is 1. The number of likely N-dealkylation sites (N-methyl/N-ethyl adjacent to an activating group) is 1. The maximum atomic E-state index is 6.25. The van der Waals surface area contributed by atoms with Crippen LogP contribution in [0.2, 0.25) is 5.02 Å². The fourth-order valence-corrected chi connectivity index (χ4v) is 2.34. The van der Waals surface area contributed by atoms with Gasteiger partial charge in [-0.3, -0.25) is 4.90 Å². The Morgan fingerprint density at radius 3 is 2.56 bits per heavy atom. The second kappa shape index (κ2) is 7.78. The minimum absolute atomic E-state index is 0.331. The van der Waals surface area contributed by atoms with Gasteiger partial charge in [0.15, 0.2) is 0 Å². The van der Waals surface area contributed by atoms with Crippen LogP contribution in [0.25, 0.3) is 0 Å². The van der Waals surface area contributed by atoms with Gasteiger partial charge in [0.2, 0.25) is 0 Å². The first-order valence-electron chi connectivity index (χ1n) is 6.75. The van der Waals surface area contributed by atoms with E-state index in [-0.39, 0.29) is 0 Å². The molecule has 1 rings (SSSR count). The first-order valence-corrected chi connectivity index (χ1v) is 7.12. The standard InChI is InChI=1S/C15H25ClN2/c1-5-10-17-11-12(2)18(4)13(3)14-8-6-7-9-15(14)16/h6-9,12-13,17H,5,10-11H2,1-4H3. The average molecular weight is 269 g/mol. The Balaban J connectivity index is 2.60. The SMILES string of the molecule is CCCNCC(C)N(C)C(C)c1ccccc1Cl. The van der Waals surface area contributed by atoms with E-state index in [1.165, 1.54) is 12.0 Å². The van der Waals surface area contributed by atoms with Crippen molar-refractivity contribution in [3.63, 3.8) is 0 Å². The third kappa shape index (κ3) is 4.27. The fraction of sp³-hybridized carbons (Fsp3) is 0.600. The Morgan fingerprint density at radius 2 is 1.94 bits per heavy atom. The Kier molecular flexibility index (Phi) is 6.69. The van der Waals surface area contributed by atoms with E-state index in [1.807, 2.05) is 18.2 Å². The zero-order valence-electron chi connectivity index (χ0n) is 11.9. The molecule has 0 aliphatic heterocycles. The summed E-state index contributed by atoms with van der Waals surface area (Å²) in [6.45, 7) is 8.74. The number of halogens is 1. The summed E-state index contributed by atoms with van der Waals surface area (Å²) >= 11 is 6.25. The van der Waals surface area contributed by atoms with Crippen molar-refractivity contribution in [1.29, 1.82) is 0 Å². The molecule has 0 heterocycles. The van der Waals surface area contributed by atoms with Gasteiger partial charge in [0.05, 0.1) is 0 Å². The van der Waals surface area contributed by atoms with Gasteiger partial charge in [-0.05, 0) is 45.5 Å². The summed E-state index contributed by atoms with van der Waals surface area (Å²) in [5.74, 6) is 0. The molecule has 0 aliphatic rings. The summed E-state index contributed by atoms with van der Waals surface area (Å²) in [5.41, 5.74) is 1.20. The van der Waals surface area contributed by atoms with Crippen molar-refractivity contribution >= 4 is 11.6 Å². The van der Waals surface area contributed by atoms with Crippen LogP contribution in [0.3, 0.4) is 0 Å². The summed E-state index contributed by atoms with van der Waals surface area (Å²) in [5, 5.41) is 4.31. The van der Waals surface area contributed by atoms with Gasteiger partial charge in [-0.1, -0.05) is 36.7 Å². The lowest BCUT2D eigenvalue weighted by atomic mass is 10.1. The summed E-state index contributed by atoms with van der Waals surface area (Å²) in [7, 11) is 2.16. The van der Waals surface area contributed by atoms with Crippen LogP contribution in [0.1, 0.15) is 38.8 Å². The number of hydrogen-bond donors (Lipinski definition) is 1. The summed E-state index contributed by atoms with van der Waals surface area (Å²) in [6, 6.07) is 8.91. The lowest BCUT2D eigenvalue weighted by Crippen LogP contribution is -2.39. The van der Waals surface area contributed by atoms with Crippen LogP contribution in [-0.4, -0.2) is 31.1 Å². The van der Waals surface area contributed by atoms with Gasteiger partial charge in [0, 0.05) is 23.7 Å². The zero-order chi connectivity index (χ0) is 13.5. The number of nitrogens with one attached hydrogen (secondary N) is 1. The van der Waals surface area contributed by atoms with Crippen molar-refractivity contribution in [2.45, 2.75) is 39.3 Å². The van der Waals surface area contributed by atoms with Crippen LogP contribution in [0.5, 0.6) is 0 Å². The van der Waals surface area contributed by atoms with Crippen molar-refractivity contribution in [3.05, 3.63) is 34.9 Å². The normalized spacial score (nSPS) is 14.8. The van der Waals surface area contributed by atoms with Gasteiger partial charge in [0.1, 0.15) is 0 Å². The van der Waals surface area contributed by atoms with E-state index < -0.39 is 0 Å². The third-order valence-corrected chi connectivity index (χ3v) is 3.87. The molecule has 0 aliphatic carbocycles. The molecule has 1 aromatic rings. The molecule has 18 heavy (non-hydrogen) atoms. The molecule has 0 spiro atoms. The highest BCUT2D eigenvalue weighted by atomic mass is 35.5. The van der Waals surface area contributed by atoms with E-state index in [0.29, 0.717) is 12.1 Å². The Bertz CT molecular complexity index is 354. The summed E-state index contributed by atoms with van der Waals surface area (Å²) < 4.78 is 0. The van der Waals surface area contributed by atoms with Crippen molar-refractivity contribution in [2.75, 3.05) is 20.1 Å². The number of hydrogen-bond acceptors (Lipinski definition) is 2. The highest BCUT2D eigenvalue weighted by molar-refractivity contribution is 6.31. The largest absolute Gasteiger partial charge is 0.315 e. The highest BCUT2D eigenvalue weighted by Crippen LogP contribution is 2.27. The quantitative estimate of drug-likeness (QED) is 0.759. The number of rotatable bonds is 7. The van der Waals surface area contributed by atoms with Crippen LogP contribution in [0.15, 0.2) is 24.3 Å². The van der Waals surface area contributed by atoms with Gasteiger partial charge >= 0.3 is 0 Å². The van der Waals surface area contributed by atoms with Crippen LogP contribution < -0.4 is 5.32 Å². The second-order valence-corrected chi connectivity index (χ2v) is 5.32. The van der Waals surface area contributed by atoms with Crippen LogP contribution >= 0.6 is 11.6 Å². The van der Waals surface area contributed by atoms with Crippen LogP contribution in [0.4, 0.5) is 0 Å². The van der Waals surface area contributed by atoms with E-state index in [0.717, 1.165) is 18.1 Å². The molecular formula is C15H25ClN2. The fourth-order valence-electron chi connectivity index (χ4n) is 2.05. The first kappa shape index (κ1) is 15.5. The molecule has 102 valence electrons. The van der Waals surface area contributed by atoms with Gasteiger partial charge in [-0.25, -0.2) is 0 Å². The van der Waals surface area contributed by atoms with E-state index in [1.54, 1.807) is 0 Å². The predicted molar refractivity (Wildman–Crippen MR) is 80.3 cm³/mol. The van der Waals surface area contributed by atoms with Gasteiger partial charge in [0.25, 0.3) is 0 Å². The monoisotopic (exact) mass is 268 g/mol. The maximum absolute atomic E-state index is 6.25. The van der Waals surface area contributed by atoms with E-state index in [9.17, 15) is 0 Å². The van der Waals surface area contributed by atoms with Crippen molar-refractivity contribution in [2.24, 2.45) is 0 Å². The molecule has 0 saturated heterocycles. The molecule has 0 amide bonds.